The number of ether oxygens (including phenoxy) is 1. The standard InChI is InChI=1S/C20H23N3O5S/c1-10(20(26)22-6-7-24)16-13(27-8-15-11(2)23-9-29-15)4-5-14-18(16)17(19(21)25)12(3)28-14/h4-5,9-10,24H,6-8H2,1-3H3,(H2,21,25)(H,22,26). The fourth-order valence-electron chi connectivity index (χ4n) is 3.24. The molecule has 9 heteroatoms. The quantitative estimate of drug-likeness (QED) is 0.516. The Labute approximate surface area is 171 Å². The number of aliphatic hydroxyl groups is 1. The predicted molar refractivity (Wildman–Crippen MR) is 109 cm³/mol. The monoisotopic (exact) mass is 417 g/mol. The molecular formula is C20H23N3O5S. The van der Waals surface area contributed by atoms with E-state index >= 15 is 0 Å². The molecule has 8 nitrogen and oxygen atoms in total. The van der Waals surface area contributed by atoms with Crippen molar-refractivity contribution in [1.29, 1.82) is 0 Å². The van der Waals surface area contributed by atoms with E-state index in [1.54, 1.807) is 31.5 Å². The van der Waals surface area contributed by atoms with Gasteiger partial charge in [-0.25, -0.2) is 4.98 Å². The number of furan rings is 1. The molecule has 0 aliphatic rings. The van der Waals surface area contributed by atoms with Crippen molar-refractivity contribution in [3.05, 3.63) is 45.1 Å². The van der Waals surface area contributed by atoms with Gasteiger partial charge in [-0.1, -0.05) is 0 Å². The van der Waals surface area contributed by atoms with Crippen LogP contribution in [0.1, 0.15) is 45.1 Å². The van der Waals surface area contributed by atoms with Crippen LogP contribution >= 0.6 is 11.3 Å². The summed E-state index contributed by atoms with van der Waals surface area (Å²) in [6.45, 7) is 5.50. The molecule has 1 unspecified atom stereocenters. The number of rotatable bonds is 8. The highest BCUT2D eigenvalue weighted by atomic mass is 32.1. The summed E-state index contributed by atoms with van der Waals surface area (Å²) in [7, 11) is 0. The van der Waals surface area contributed by atoms with Gasteiger partial charge in [0.05, 0.1) is 34.2 Å². The first-order chi connectivity index (χ1) is 13.8. The molecule has 0 fully saturated rings. The molecule has 0 saturated heterocycles. The van der Waals surface area contributed by atoms with Crippen molar-refractivity contribution in [2.45, 2.75) is 33.3 Å². The van der Waals surface area contributed by atoms with Crippen molar-refractivity contribution < 1.29 is 23.8 Å². The zero-order valence-electron chi connectivity index (χ0n) is 16.4. The maximum Gasteiger partial charge on any atom is 0.252 e. The number of hydrogen-bond acceptors (Lipinski definition) is 7. The number of carbonyl (C=O) groups is 2. The van der Waals surface area contributed by atoms with Crippen LogP contribution in [0.3, 0.4) is 0 Å². The van der Waals surface area contributed by atoms with Gasteiger partial charge in [0, 0.05) is 17.5 Å². The summed E-state index contributed by atoms with van der Waals surface area (Å²) < 4.78 is 11.7. The summed E-state index contributed by atoms with van der Waals surface area (Å²) >= 11 is 1.48. The van der Waals surface area contributed by atoms with Gasteiger partial charge in [0.2, 0.25) is 5.91 Å². The van der Waals surface area contributed by atoms with E-state index in [9.17, 15) is 9.59 Å². The lowest BCUT2D eigenvalue weighted by Crippen LogP contribution is -2.30. The minimum absolute atomic E-state index is 0.127. The highest BCUT2D eigenvalue weighted by Crippen LogP contribution is 2.39. The maximum atomic E-state index is 12.6. The van der Waals surface area contributed by atoms with Crippen molar-refractivity contribution >= 4 is 34.1 Å². The Balaban J connectivity index is 2.11. The number of aryl methyl sites for hydroxylation is 2. The summed E-state index contributed by atoms with van der Waals surface area (Å²) in [6.07, 6.45) is 0. The molecule has 154 valence electrons. The normalized spacial score (nSPS) is 12.1. The van der Waals surface area contributed by atoms with E-state index in [0.29, 0.717) is 28.0 Å². The number of amides is 2. The Morgan fingerprint density at radius 3 is 2.76 bits per heavy atom. The van der Waals surface area contributed by atoms with E-state index in [2.05, 4.69) is 10.3 Å². The van der Waals surface area contributed by atoms with Gasteiger partial charge in [-0.2, -0.15) is 0 Å². The SMILES string of the molecule is Cc1ncsc1COc1ccc2oc(C)c(C(N)=O)c2c1C(C)C(=O)NCCO. The number of aliphatic hydroxyl groups excluding tert-OH is 1. The van der Waals surface area contributed by atoms with Crippen LogP contribution in [0.2, 0.25) is 0 Å². The summed E-state index contributed by atoms with van der Waals surface area (Å²) in [6, 6.07) is 3.42. The fraction of sp³-hybridized carbons (Fsp3) is 0.350. The molecule has 0 radical (unpaired) electrons. The van der Waals surface area contributed by atoms with Crippen LogP contribution in [0.15, 0.2) is 22.1 Å². The molecule has 0 saturated carbocycles. The van der Waals surface area contributed by atoms with Crippen LogP contribution in [0.25, 0.3) is 11.0 Å². The number of benzene rings is 1. The van der Waals surface area contributed by atoms with Crippen molar-refractivity contribution in [3.63, 3.8) is 0 Å². The molecule has 0 bridgehead atoms. The van der Waals surface area contributed by atoms with Gasteiger partial charge in [-0.15, -0.1) is 11.3 Å². The lowest BCUT2D eigenvalue weighted by Gasteiger charge is -2.18. The van der Waals surface area contributed by atoms with E-state index in [1.165, 1.54) is 11.3 Å². The van der Waals surface area contributed by atoms with Gasteiger partial charge in [-0.3, -0.25) is 9.59 Å². The van der Waals surface area contributed by atoms with Crippen molar-refractivity contribution in [1.82, 2.24) is 10.3 Å². The second-order valence-corrected chi connectivity index (χ2v) is 7.57. The van der Waals surface area contributed by atoms with Gasteiger partial charge >= 0.3 is 0 Å². The molecule has 2 amide bonds. The summed E-state index contributed by atoms with van der Waals surface area (Å²) in [5.41, 5.74) is 9.42. The van der Waals surface area contributed by atoms with Gasteiger partial charge in [0.1, 0.15) is 23.7 Å². The van der Waals surface area contributed by atoms with Crippen LogP contribution in [-0.4, -0.2) is 35.1 Å². The number of nitrogens with one attached hydrogen (secondary N) is 1. The molecule has 3 aromatic rings. The van der Waals surface area contributed by atoms with Crippen LogP contribution in [0, 0.1) is 13.8 Å². The minimum Gasteiger partial charge on any atom is -0.488 e. The topological polar surface area (TPSA) is 128 Å². The van der Waals surface area contributed by atoms with E-state index in [-0.39, 0.29) is 31.2 Å². The van der Waals surface area contributed by atoms with E-state index in [0.717, 1.165) is 10.6 Å². The number of nitrogens with two attached hydrogens (primary N) is 1. The van der Waals surface area contributed by atoms with Gasteiger partial charge in [0.15, 0.2) is 0 Å². The Morgan fingerprint density at radius 1 is 1.38 bits per heavy atom. The molecule has 1 aromatic carbocycles. The molecule has 2 heterocycles. The molecule has 2 aromatic heterocycles. The fourth-order valence-corrected chi connectivity index (χ4v) is 3.93. The summed E-state index contributed by atoms with van der Waals surface area (Å²) in [5, 5.41) is 12.1. The van der Waals surface area contributed by atoms with Crippen molar-refractivity contribution in [3.8, 4) is 5.75 Å². The molecule has 0 aliphatic heterocycles. The zero-order chi connectivity index (χ0) is 21.1. The average molecular weight is 417 g/mol. The van der Waals surface area contributed by atoms with Gasteiger partial charge < -0.3 is 25.3 Å². The van der Waals surface area contributed by atoms with Crippen molar-refractivity contribution in [2.75, 3.05) is 13.2 Å². The van der Waals surface area contributed by atoms with Crippen LogP contribution in [0.5, 0.6) is 5.75 Å². The lowest BCUT2D eigenvalue weighted by molar-refractivity contribution is -0.122. The molecule has 4 N–H and O–H groups in total. The van der Waals surface area contributed by atoms with Crippen LogP contribution < -0.4 is 15.8 Å². The number of fused-ring (bicyclic) bond motifs is 1. The van der Waals surface area contributed by atoms with Gasteiger partial charge in [-0.05, 0) is 32.9 Å². The Kier molecular flexibility index (Phi) is 6.19. The number of aromatic nitrogens is 1. The Bertz CT molecular complexity index is 1060. The third kappa shape index (κ3) is 4.10. The number of nitrogens with zero attached hydrogens (tertiary/aromatic N) is 1. The molecule has 3 rings (SSSR count). The third-order valence-corrected chi connectivity index (χ3v) is 5.63. The predicted octanol–water partition coefficient (Wildman–Crippen LogP) is 2.40. The lowest BCUT2D eigenvalue weighted by atomic mass is 9.92. The van der Waals surface area contributed by atoms with Crippen molar-refractivity contribution in [2.24, 2.45) is 5.73 Å². The summed E-state index contributed by atoms with van der Waals surface area (Å²) in [5.74, 6) is -0.772. The van der Waals surface area contributed by atoms with E-state index < -0.39 is 11.8 Å². The van der Waals surface area contributed by atoms with E-state index in [1.807, 2.05) is 6.92 Å². The first kappa shape index (κ1) is 20.8. The largest absolute Gasteiger partial charge is 0.488 e. The highest BCUT2D eigenvalue weighted by Gasteiger charge is 2.28. The number of primary amides is 1. The highest BCUT2D eigenvalue weighted by molar-refractivity contribution is 7.09. The molecular weight excluding hydrogens is 394 g/mol. The molecule has 29 heavy (non-hydrogen) atoms. The molecule has 0 spiro atoms. The zero-order valence-corrected chi connectivity index (χ0v) is 17.3. The number of carbonyl (C=O) groups excluding carboxylic acids is 2. The first-order valence-electron chi connectivity index (χ1n) is 9.11. The number of thiazole rings is 1. The first-order valence-corrected chi connectivity index (χ1v) is 9.99. The van der Waals surface area contributed by atoms with Gasteiger partial charge in [0.25, 0.3) is 5.91 Å². The Hall–Kier alpha value is -2.91. The molecule has 0 aliphatic carbocycles. The van der Waals surface area contributed by atoms with Crippen LogP contribution in [0.4, 0.5) is 0 Å². The second-order valence-electron chi connectivity index (χ2n) is 6.63. The molecule has 1 atom stereocenters. The van der Waals surface area contributed by atoms with Crippen LogP contribution in [-0.2, 0) is 11.4 Å². The smallest absolute Gasteiger partial charge is 0.252 e. The summed E-state index contributed by atoms with van der Waals surface area (Å²) in [4.78, 5) is 29.9. The second kappa shape index (κ2) is 8.62. The maximum absolute atomic E-state index is 12.6. The minimum atomic E-state index is -0.669. The third-order valence-electron chi connectivity index (χ3n) is 4.72. The number of hydrogen-bond donors (Lipinski definition) is 3. The van der Waals surface area contributed by atoms with E-state index in [4.69, 9.17) is 20.0 Å². The Morgan fingerprint density at radius 2 is 2.14 bits per heavy atom. The average Bonchev–Trinajstić information content (AvgIpc) is 3.25.